The molecule has 2 nitrogen and oxygen atoms in total. The third kappa shape index (κ3) is 2.73. The Hall–Kier alpha value is -5.86. The summed E-state index contributed by atoms with van der Waals surface area (Å²) in [6.07, 6.45) is 0. The highest BCUT2D eigenvalue weighted by Gasteiger charge is 2.50. The Morgan fingerprint density at radius 2 is 1.11 bits per heavy atom. The summed E-state index contributed by atoms with van der Waals surface area (Å²) in [5, 5.41) is 4.89. The summed E-state index contributed by atoms with van der Waals surface area (Å²) in [6.45, 7) is 0. The van der Waals surface area contributed by atoms with Crippen molar-refractivity contribution in [1.82, 2.24) is 4.57 Å². The third-order valence-electron chi connectivity index (χ3n) is 10.4. The zero-order chi connectivity index (χ0) is 29.3. The SMILES string of the molecule is c1ccc2c(c1)-c1ccc(-c3cccc4c3oc3ccccc34)cc1C21c2ccccc2-n2c3ccccc3c3cccc1c32. The molecule has 1 atom stereocenters. The fraction of sp³-hybridized carbons (Fsp3) is 0.0233. The van der Waals surface area contributed by atoms with Crippen LogP contribution in [0, 0.1) is 0 Å². The molecule has 2 aromatic heterocycles. The molecule has 1 unspecified atom stereocenters. The van der Waals surface area contributed by atoms with E-state index in [0.717, 1.165) is 27.5 Å². The summed E-state index contributed by atoms with van der Waals surface area (Å²) < 4.78 is 9.04. The van der Waals surface area contributed by atoms with Gasteiger partial charge in [0.15, 0.2) is 0 Å². The molecule has 2 heteroatoms. The van der Waals surface area contributed by atoms with Crippen molar-refractivity contribution in [3.63, 3.8) is 0 Å². The van der Waals surface area contributed by atoms with E-state index < -0.39 is 5.41 Å². The minimum atomic E-state index is -0.468. The van der Waals surface area contributed by atoms with Crippen molar-refractivity contribution in [2.45, 2.75) is 5.41 Å². The smallest absolute Gasteiger partial charge is 0.143 e. The Balaban J connectivity index is 1.30. The second-order valence-electron chi connectivity index (χ2n) is 12.4. The monoisotopic (exact) mass is 571 g/mol. The highest BCUT2D eigenvalue weighted by Crippen LogP contribution is 2.61. The molecular formula is C43H25NO. The molecule has 9 aromatic rings. The molecular weight excluding hydrogens is 546 g/mol. The zero-order valence-electron chi connectivity index (χ0n) is 24.3. The molecule has 1 aliphatic heterocycles. The topological polar surface area (TPSA) is 18.1 Å². The molecule has 0 bridgehead atoms. The average molecular weight is 572 g/mol. The van der Waals surface area contributed by atoms with Crippen molar-refractivity contribution in [3.05, 3.63) is 174 Å². The van der Waals surface area contributed by atoms with Crippen LogP contribution in [0.3, 0.4) is 0 Å². The highest BCUT2D eigenvalue weighted by molar-refractivity contribution is 6.13. The van der Waals surface area contributed by atoms with Crippen molar-refractivity contribution >= 4 is 43.7 Å². The van der Waals surface area contributed by atoms with Crippen LogP contribution in [0.4, 0.5) is 0 Å². The van der Waals surface area contributed by atoms with E-state index in [1.165, 1.54) is 66.4 Å². The van der Waals surface area contributed by atoms with E-state index in [0.29, 0.717) is 0 Å². The molecule has 0 amide bonds. The van der Waals surface area contributed by atoms with E-state index in [1.807, 2.05) is 6.07 Å². The molecule has 2 aliphatic rings. The summed E-state index contributed by atoms with van der Waals surface area (Å²) in [6, 6.07) is 55.8. The van der Waals surface area contributed by atoms with Gasteiger partial charge in [-0.3, -0.25) is 0 Å². The zero-order valence-corrected chi connectivity index (χ0v) is 24.3. The van der Waals surface area contributed by atoms with Gasteiger partial charge in [0.2, 0.25) is 0 Å². The van der Waals surface area contributed by atoms with Gasteiger partial charge in [0.1, 0.15) is 11.2 Å². The Morgan fingerprint density at radius 1 is 0.444 bits per heavy atom. The molecule has 45 heavy (non-hydrogen) atoms. The predicted molar refractivity (Wildman–Crippen MR) is 184 cm³/mol. The molecule has 208 valence electrons. The van der Waals surface area contributed by atoms with Crippen molar-refractivity contribution in [2.75, 3.05) is 0 Å². The van der Waals surface area contributed by atoms with Gasteiger partial charge in [0, 0.05) is 27.1 Å². The lowest BCUT2D eigenvalue weighted by Gasteiger charge is -2.39. The predicted octanol–water partition coefficient (Wildman–Crippen LogP) is 11.0. The summed E-state index contributed by atoms with van der Waals surface area (Å²) in [5.41, 5.74) is 15.4. The van der Waals surface area contributed by atoms with Crippen LogP contribution in [0.1, 0.15) is 22.3 Å². The first-order valence-electron chi connectivity index (χ1n) is 15.6. The second-order valence-corrected chi connectivity index (χ2v) is 12.4. The number of fused-ring (bicyclic) bond motifs is 15. The van der Waals surface area contributed by atoms with Crippen molar-refractivity contribution in [1.29, 1.82) is 0 Å². The van der Waals surface area contributed by atoms with Crippen molar-refractivity contribution in [2.24, 2.45) is 0 Å². The summed E-state index contributed by atoms with van der Waals surface area (Å²) in [4.78, 5) is 0. The fourth-order valence-electron chi connectivity index (χ4n) is 8.70. The maximum atomic E-state index is 6.54. The molecule has 1 spiro atoms. The first-order valence-corrected chi connectivity index (χ1v) is 15.6. The lowest BCUT2D eigenvalue weighted by atomic mass is 9.65. The Bertz CT molecular complexity index is 2720. The maximum Gasteiger partial charge on any atom is 0.143 e. The molecule has 0 saturated heterocycles. The molecule has 0 saturated carbocycles. The first-order chi connectivity index (χ1) is 22.3. The number of para-hydroxylation sites is 5. The van der Waals surface area contributed by atoms with Crippen LogP contribution in [0.2, 0.25) is 0 Å². The van der Waals surface area contributed by atoms with Crippen LogP contribution in [-0.4, -0.2) is 4.57 Å². The quantitative estimate of drug-likeness (QED) is 0.192. The largest absolute Gasteiger partial charge is 0.455 e. The Morgan fingerprint density at radius 3 is 2.07 bits per heavy atom. The van der Waals surface area contributed by atoms with Gasteiger partial charge >= 0.3 is 0 Å². The van der Waals surface area contributed by atoms with E-state index in [4.69, 9.17) is 4.42 Å². The number of hydrogen-bond acceptors (Lipinski definition) is 1. The number of hydrogen-bond donors (Lipinski definition) is 0. The number of rotatable bonds is 1. The molecule has 11 rings (SSSR count). The van der Waals surface area contributed by atoms with Gasteiger partial charge in [0.05, 0.1) is 22.1 Å². The van der Waals surface area contributed by atoms with E-state index in [1.54, 1.807) is 0 Å². The van der Waals surface area contributed by atoms with Crippen molar-refractivity contribution in [3.8, 4) is 27.9 Å². The molecule has 3 heterocycles. The maximum absolute atomic E-state index is 6.54. The minimum Gasteiger partial charge on any atom is -0.455 e. The fourth-order valence-corrected chi connectivity index (χ4v) is 8.70. The van der Waals surface area contributed by atoms with Crippen molar-refractivity contribution < 1.29 is 4.42 Å². The molecule has 7 aromatic carbocycles. The molecule has 1 aliphatic carbocycles. The highest BCUT2D eigenvalue weighted by atomic mass is 16.3. The molecule has 0 N–H and O–H groups in total. The van der Waals surface area contributed by atoms with Crippen LogP contribution in [0.15, 0.2) is 156 Å². The summed E-state index contributed by atoms with van der Waals surface area (Å²) >= 11 is 0. The van der Waals surface area contributed by atoms with Crippen LogP contribution in [-0.2, 0) is 5.41 Å². The van der Waals surface area contributed by atoms with E-state index in [9.17, 15) is 0 Å². The lowest BCUT2D eigenvalue weighted by Crippen LogP contribution is -2.33. The van der Waals surface area contributed by atoms with Crippen LogP contribution >= 0.6 is 0 Å². The van der Waals surface area contributed by atoms with Gasteiger partial charge in [-0.2, -0.15) is 0 Å². The van der Waals surface area contributed by atoms with Gasteiger partial charge in [0.25, 0.3) is 0 Å². The number of benzene rings is 7. The van der Waals surface area contributed by atoms with Gasteiger partial charge in [-0.15, -0.1) is 0 Å². The van der Waals surface area contributed by atoms with Crippen LogP contribution < -0.4 is 0 Å². The van der Waals surface area contributed by atoms with Gasteiger partial charge in [-0.05, 0) is 63.2 Å². The Labute approximate surface area is 259 Å². The van der Waals surface area contributed by atoms with Crippen LogP contribution in [0.5, 0.6) is 0 Å². The van der Waals surface area contributed by atoms with Crippen LogP contribution in [0.25, 0.3) is 71.7 Å². The summed E-state index contributed by atoms with van der Waals surface area (Å²) in [5.74, 6) is 0. The number of furan rings is 1. The number of nitrogens with zero attached hydrogens (tertiary/aromatic N) is 1. The Kier molecular flexibility index (Phi) is 4.29. The molecule has 0 radical (unpaired) electrons. The van der Waals surface area contributed by atoms with E-state index >= 15 is 0 Å². The van der Waals surface area contributed by atoms with Gasteiger partial charge in [-0.25, -0.2) is 0 Å². The number of aromatic nitrogens is 1. The normalized spacial score (nSPS) is 16.1. The average Bonchev–Trinajstić information content (AvgIpc) is 3.75. The molecule has 0 fully saturated rings. The van der Waals surface area contributed by atoms with Gasteiger partial charge < -0.3 is 8.98 Å². The second kappa shape index (κ2) is 8.19. The third-order valence-corrected chi connectivity index (χ3v) is 10.4. The minimum absolute atomic E-state index is 0.468. The first kappa shape index (κ1) is 23.6. The van der Waals surface area contributed by atoms with Gasteiger partial charge in [-0.1, -0.05) is 127 Å². The summed E-state index contributed by atoms with van der Waals surface area (Å²) in [7, 11) is 0. The lowest BCUT2D eigenvalue weighted by molar-refractivity contribution is 0.670. The van der Waals surface area contributed by atoms with E-state index in [-0.39, 0.29) is 0 Å². The van der Waals surface area contributed by atoms with E-state index in [2.05, 4.69) is 150 Å². The standard InChI is InChI=1S/C43H25NO/c1-4-17-34-28(11-1)29-24-23-26(27-14-9-16-33-31-13-3-8-22-40(31)45-42(27)33)25-37(29)43(34)35-18-5-7-21-39(35)44-38-20-6-2-12-30(38)32-15-10-19-36(43)41(32)44/h1-25H.